The van der Waals surface area contributed by atoms with E-state index in [1.165, 1.54) is 4.57 Å². The lowest BCUT2D eigenvalue weighted by Crippen LogP contribution is -2.31. The lowest BCUT2D eigenvalue weighted by atomic mass is 10.0. The van der Waals surface area contributed by atoms with E-state index in [9.17, 15) is 9.59 Å². The molecular formula is C21H18N4O2. The maximum atomic E-state index is 13.2. The molecular weight excluding hydrogens is 340 g/mol. The van der Waals surface area contributed by atoms with Crippen LogP contribution in [0.3, 0.4) is 0 Å². The van der Waals surface area contributed by atoms with Crippen molar-refractivity contribution in [1.82, 2.24) is 9.13 Å². The van der Waals surface area contributed by atoms with Gasteiger partial charge in [-0.15, -0.1) is 0 Å². The van der Waals surface area contributed by atoms with E-state index < -0.39 is 0 Å². The van der Waals surface area contributed by atoms with Crippen molar-refractivity contribution < 1.29 is 4.79 Å². The smallest absolute Gasteiger partial charge is 0.261 e. The molecule has 1 unspecified atom stereocenters. The molecule has 1 aromatic carbocycles. The van der Waals surface area contributed by atoms with Crippen molar-refractivity contribution in [3.63, 3.8) is 0 Å². The molecule has 3 heterocycles. The third kappa shape index (κ3) is 2.48. The molecule has 0 saturated heterocycles. The number of pyridine rings is 1. The Labute approximate surface area is 156 Å². The van der Waals surface area contributed by atoms with Crippen LogP contribution in [0.5, 0.6) is 0 Å². The zero-order valence-electron chi connectivity index (χ0n) is 15.3. The van der Waals surface area contributed by atoms with Crippen molar-refractivity contribution in [2.24, 2.45) is 14.1 Å². The topological polar surface area (TPSA) is 71.0 Å². The fourth-order valence-corrected chi connectivity index (χ4v) is 3.73. The van der Waals surface area contributed by atoms with E-state index in [1.807, 2.05) is 36.0 Å². The van der Waals surface area contributed by atoms with Crippen molar-refractivity contribution >= 4 is 11.6 Å². The number of hydrogen-bond acceptors (Lipinski definition) is 3. The molecule has 1 atom stereocenters. The average Bonchev–Trinajstić information content (AvgIpc) is 3.18. The van der Waals surface area contributed by atoms with Gasteiger partial charge in [0.25, 0.3) is 11.5 Å². The Morgan fingerprint density at radius 2 is 1.74 bits per heavy atom. The Bertz CT molecular complexity index is 1140. The number of aromatic nitrogens is 2. The minimum atomic E-state index is -0.322. The number of aryl methyl sites for hydroxylation is 3. The second-order valence-electron chi connectivity index (χ2n) is 6.83. The van der Waals surface area contributed by atoms with E-state index in [4.69, 9.17) is 5.26 Å². The molecule has 2 aromatic heterocycles. The molecule has 1 aliphatic heterocycles. The summed E-state index contributed by atoms with van der Waals surface area (Å²) >= 11 is 0. The first kappa shape index (κ1) is 16.9. The summed E-state index contributed by atoms with van der Waals surface area (Å²) in [5.74, 6) is -0.0991. The van der Waals surface area contributed by atoms with E-state index >= 15 is 0 Å². The van der Waals surface area contributed by atoms with Gasteiger partial charge >= 0.3 is 0 Å². The van der Waals surface area contributed by atoms with Gasteiger partial charge in [-0.2, -0.15) is 5.26 Å². The summed E-state index contributed by atoms with van der Waals surface area (Å²) in [5.41, 5.74) is 4.20. The van der Waals surface area contributed by atoms with Crippen LogP contribution in [0, 0.1) is 18.3 Å². The first-order valence-corrected chi connectivity index (χ1v) is 8.58. The van der Waals surface area contributed by atoms with Gasteiger partial charge in [0, 0.05) is 32.1 Å². The van der Waals surface area contributed by atoms with Crippen molar-refractivity contribution in [3.8, 4) is 6.07 Å². The zero-order chi connectivity index (χ0) is 19.3. The molecule has 0 spiro atoms. The largest absolute Gasteiger partial charge is 0.352 e. The van der Waals surface area contributed by atoms with Crippen LogP contribution in [0.1, 0.15) is 38.8 Å². The Morgan fingerprint density at radius 1 is 1.04 bits per heavy atom. The minimum absolute atomic E-state index is 0.0853. The highest BCUT2D eigenvalue weighted by Gasteiger charge is 2.41. The van der Waals surface area contributed by atoms with Crippen molar-refractivity contribution in [2.75, 3.05) is 4.90 Å². The molecule has 4 rings (SSSR count). The Kier molecular flexibility index (Phi) is 3.74. The number of carbonyl (C=O) groups is 1. The standard InChI is InChI=1S/C21H18N4O2/c1-13-10-16(12-24(3)20(13)26)25-18(15-6-4-14(11-22)5-7-15)19-17(21(25)27)8-9-23(19)2/h4-10,12,18H,1-3H3. The number of benzene rings is 1. The highest BCUT2D eigenvalue weighted by atomic mass is 16.2. The fraction of sp³-hybridized carbons (Fsp3) is 0.190. The van der Waals surface area contributed by atoms with Crippen molar-refractivity contribution in [2.45, 2.75) is 13.0 Å². The van der Waals surface area contributed by atoms with Crippen molar-refractivity contribution in [1.29, 1.82) is 5.26 Å². The Hall–Kier alpha value is -3.59. The van der Waals surface area contributed by atoms with Crippen LogP contribution in [-0.2, 0) is 14.1 Å². The van der Waals surface area contributed by atoms with Crippen LogP contribution in [-0.4, -0.2) is 15.0 Å². The maximum absolute atomic E-state index is 13.2. The summed E-state index contributed by atoms with van der Waals surface area (Å²) in [6, 6.07) is 12.6. The van der Waals surface area contributed by atoms with Gasteiger partial charge in [0.1, 0.15) is 6.04 Å². The van der Waals surface area contributed by atoms with E-state index in [1.54, 1.807) is 43.3 Å². The molecule has 0 N–H and O–H groups in total. The number of nitrogens with zero attached hydrogens (tertiary/aromatic N) is 4. The monoisotopic (exact) mass is 358 g/mol. The molecule has 3 aromatic rings. The summed E-state index contributed by atoms with van der Waals surface area (Å²) < 4.78 is 3.45. The molecule has 0 fully saturated rings. The minimum Gasteiger partial charge on any atom is -0.352 e. The van der Waals surface area contributed by atoms with Crippen LogP contribution in [0.15, 0.2) is 53.6 Å². The van der Waals surface area contributed by atoms with E-state index in [0.717, 1.165) is 11.3 Å². The number of carbonyl (C=O) groups excluding carboxylic acids is 1. The third-order valence-electron chi connectivity index (χ3n) is 5.07. The molecule has 0 radical (unpaired) electrons. The van der Waals surface area contributed by atoms with Gasteiger partial charge in [-0.1, -0.05) is 12.1 Å². The number of amides is 1. The van der Waals surface area contributed by atoms with Crippen molar-refractivity contribution in [3.05, 3.63) is 87.1 Å². The lowest BCUT2D eigenvalue weighted by Gasteiger charge is -2.27. The Balaban J connectivity index is 1.93. The molecule has 0 saturated carbocycles. The van der Waals surface area contributed by atoms with Crippen LogP contribution in [0.4, 0.5) is 5.69 Å². The van der Waals surface area contributed by atoms with Gasteiger partial charge in [0.2, 0.25) is 0 Å². The number of anilines is 1. The highest BCUT2D eigenvalue weighted by Crippen LogP contribution is 2.41. The van der Waals surface area contributed by atoms with Gasteiger partial charge in [-0.25, -0.2) is 0 Å². The molecule has 1 amide bonds. The van der Waals surface area contributed by atoms with Crippen LogP contribution < -0.4 is 10.5 Å². The summed E-state index contributed by atoms with van der Waals surface area (Å²) in [6.07, 6.45) is 3.57. The van der Waals surface area contributed by atoms with Crippen LogP contribution in [0.25, 0.3) is 0 Å². The quantitative estimate of drug-likeness (QED) is 0.707. The highest BCUT2D eigenvalue weighted by molar-refractivity contribution is 6.11. The summed E-state index contributed by atoms with van der Waals surface area (Å²) in [5, 5.41) is 9.07. The van der Waals surface area contributed by atoms with Gasteiger partial charge in [0.15, 0.2) is 0 Å². The molecule has 6 heteroatoms. The number of nitriles is 1. The molecule has 6 nitrogen and oxygen atoms in total. The van der Waals surface area contributed by atoms with Gasteiger partial charge in [-0.05, 0) is 36.8 Å². The van der Waals surface area contributed by atoms with E-state index in [2.05, 4.69) is 6.07 Å². The predicted molar refractivity (Wildman–Crippen MR) is 102 cm³/mol. The number of hydrogen-bond donors (Lipinski definition) is 0. The van der Waals surface area contributed by atoms with Gasteiger partial charge in [-0.3, -0.25) is 14.5 Å². The average molecular weight is 358 g/mol. The second-order valence-corrected chi connectivity index (χ2v) is 6.83. The number of fused-ring (bicyclic) bond motifs is 1. The Morgan fingerprint density at radius 3 is 2.37 bits per heavy atom. The fourth-order valence-electron chi connectivity index (χ4n) is 3.73. The van der Waals surface area contributed by atoms with E-state index in [-0.39, 0.29) is 17.5 Å². The normalized spacial score (nSPS) is 15.7. The molecule has 1 aliphatic rings. The second kappa shape index (κ2) is 5.99. The van der Waals surface area contributed by atoms with Crippen LogP contribution >= 0.6 is 0 Å². The summed E-state index contributed by atoms with van der Waals surface area (Å²) in [4.78, 5) is 27.0. The lowest BCUT2D eigenvalue weighted by molar-refractivity contribution is 0.0993. The zero-order valence-corrected chi connectivity index (χ0v) is 15.3. The molecule has 27 heavy (non-hydrogen) atoms. The summed E-state index contributed by atoms with van der Waals surface area (Å²) in [7, 11) is 3.60. The molecule has 134 valence electrons. The van der Waals surface area contributed by atoms with Gasteiger partial charge < -0.3 is 9.13 Å². The van der Waals surface area contributed by atoms with E-state index in [0.29, 0.717) is 22.4 Å². The summed E-state index contributed by atoms with van der Waals surface area (Å²) in [6.45, 7) is 1.75. The predicted octanol–water partition coefficient (Wildman–Crippen LogP) is 2.65. The molecule has 0 aliphatic carbocycles. The first-order valence-electron chi connectivity index (χ1n) is 8.58. The van der Waals surface area contributed by atoms with Crippen LogP contribution in [0.2, 0.25) is 0 Å². The van der Waals surface area contributed by atoms with Gasteiger partial charge in [0.05, 0.1) is 28.6 Å². The number of rotatable bonds is 2. The third-order valence-corrected chi connectivity index (χ3v) is 5.07. The molecule has 0 bridgehead atoms. The SMILES string of the molecule is Cc1cc(N2C(=O)c3ccn(C)c3C2c2ccc(C#N)cc2)cn(C)c1=O. The maximum Gasteiger partial charge on any atom is 0.261 e. The first-order chi connectivity index (χ1) is 12.9.